The molecular formula is C16H26O4. The largest absolute Gasteiger partial charge is 0.459 e. The van der Waals surface area contributed by atoms with E-state index >= 15 is 0 Å². The summed E-state index contributed by atoms with van der Waals surface area (Å²) in [6.07, 6.45) is 4.14. The minimum absolute atomic E-state index is 0.339. The molecule has 0 amide bonds. The average Bonchev–Trinajstić information content (AvgIpc) is 2.24. The van der Waals surface area contributed by atoms with E-state index in [9.17, 15) is 9.59 Å². The summed E-state index contributed by atoms with van der Waals surface area (Å²) in [4.78, 5) is 24.4. The maximum Gasteiger partial charge on any atom is 0.335 e. The Hall–Kier alpha value is -1.32. The number of rotatable bonds is 2. The van der Waals surface area contributed by atoms with Crippen LogP contribution in [-0.4, -0.2) is 23.1 Å². The fourth-order valence-electron chi connectivity index (χ4n) is 2.06. The lowest BCUT2D eigenvalue weighted by Gasteiger charge is -2.28. The SMILES string of the molecule is CC(C)(C)OC(=O)C1=CCCCC1C(=O)OC(C)(C)C. The molecule has 0 N–H and O–H groups in total. The van der Waals surface area contributed by atoms with E-state index in [0.29, 0.717) is 12.0 Å². The molecular weight excluding hydrogens is 256 g/mol. The molecule has 0 saturated carbocycles. The van der Waals surface area contributed by atoms with E-state index in [1.807, 2.05) is 47.6 Å². The molecule has 0 bridgehead atoms. The van der Waals surface area contributed by atoms with Crippen molar-refractivity contribution in [2.45, 2.75) is 72.0 Å². The van der Waals surface area contributed by atoms with Crippen molar-refractivity contribution in [1.29, 1.82) is 0 Å². The zero-order valence-corrected chi connectivity index (χ0v) is 13.4. The van der Waals surface area contributed by atoms with Gasteiger partial charge in [0.2, 0.25) is 0 Å². The molecule has 0 aliphatic heterocycles. The van der Waals surface area contributed by atoms with Crippen LogP contribution in [0.15, 0.2) is 11.6 Å². The molecule has 4 nitrogen and oxygen atoms in total. The second-order valence-corrected chi connectivity index (χ2v) is 7.18. The molecule has 0 heterocycles. The van der Waals surface area contributed by atoms with Crippen molar-refractivity contribution < 1.29 is 19.1 Å². The standard InChI is InChI=1S/C16H26O4/c1-15(2,3)19-13(17)11-9-7-8-10-12(11)14(18)20-16(4,5)6/h9,12H,7-8,10H2,1-6H3. The van der Waals surface area contributed by atoms with Gasteiger partial charge in [0.05, 0.1) is 5.92 Å². The summed E-state index contributed by atoms with van der Waals surface area (Å²) in [5, 5.41) is 0. The highest BCUT2D eigenvalue weighted by Crippen LogP contribution is 2.29. The zero-order valence-electron chi connectivity index (χ0n) is 13.4. The average molecular weight is 282 g/mol. The summed E-state index contributed by atoms with van der Waals surface area (Å²) >= 11 is 0. The number of esters is 2. The second-order valence-electron chi connectivity index (χ2n) is 7.18. The maximum atomic E-state index is 12.2. The van der Waals surface area contributed by atoms with Gasteiger partial charge in [-0.25, -0.2) is 4.79 Å². The molecule has 0 spiro atoms. The third kappa shape index (κ3) is 5.35. The van der Waals surface area contributed by atoms with Crippen LogP contribution in [0.3, 0.4) is 0 Å². The number of carbonyl (C=O) groups is 2. The van der Waals surface area contributed by atoms with Crippen LogP contribution in [0.5, 0.6) is 0 Å². The van der Waals surface area contributed by atoms with Crippen molar-refractivity contribution in [2.75, 3.05) is 0 Å². The lowest BCUT2D eigenvalue weighted by atomic mass is 9.87. The van der Waals surface area contributed by atoms with Crippen molar-refractivity contribution in [3.63, 3.8) is 0 Å². The van der Waals surface area contributed by atoms with Crippen LogP contribution >= 0.6 is 0 Å². The zero-order chi connectivity index (χ0) is 15.6. The lowest BCUT2D eigenvalue weighted by Crippen LogP contribution is -2.34. The van der Waals surface area contributed by atoms with Crippen LogP contribution < -0.4 is 0 Å². The predicted octanol–water partition coefficient (Wildman–Crippen LogP) is 3.40. The number of ether oxygens (including phenoxy) is 2. The smallest absolute Gasteiger partial charge is 0.335 e. The molecule has 4 heteroatoms. The second kappa shape index (κ2) is 5.98. The fourth-order valence-corrected chi connectivity index (χ4v) is 2.06. The van der Waals surface area contributed by atoms with Crippen molar-refractivity contribution >= 4 is 11.9 Å². The van der Waals surface area contributed by atoms with Crippen molar-refractivity contribution in [2.24, 2.45) is 5.92 Å². The first-order valence-electron chi connectivity index (χ1n) is 7.16. The van der Waals surface area contributed by atoms with E-state index in [-0.39, 0.29) is 5.97 Å². The Bertz CT molecular complexity index is 407. The number of hydrogen-bond donors (Lipinski definition) is 0. The Morgan fingerprint density at radius 3 is 2.10 bits per heavy atom. The normalized spacial score (nSPS) is 20.1. The van der Waals surface area contributed by atoms with Gasteiger partial charge in [-0.1, -0.05) is 6.08 Å². The molecule has 1 rings (SSSR count). The fraction of sp³-hybridized carbons (Fsp3) is 0.750. The predicted molar refractivity (Wildman–Crippen MR) is 77.1 cm³/mol. The van der Waals surface area contributed by atoms with Crippen LogP contribution in [0.1, 0.15) is 60.8 Å². The third-order valence-electron chi connectivity index (χ3n) is 2.76. The number of allylic oxidation sites excluding steroid dienone is 1. The highest BCUT2D eigenvalue weighted by molar-refractivity contribution is 5.96. The molecule has 0 aromatic rings. The maximum absolute atomic E-state index is 12.2. The summed E-state index contributed by atoms with van der Waals surface area (Å²) in [6.45, 7) is 10.9. The van der Waals surface area contributed by atoms with Crippen LogP contribution in [0.25, 0.3) is 0 Å². The van der Waals surface area contributed by atoms with Gasteiger partial charge in [0, 0.05) is 5.57 Å². The van der Waals surface area contributed by atoms with E-state index in [0.717, 1.165) is 12.8 Å². The van der Waals surface area contributed by atoms with Crippen molar-refractivity contribution in [3.05, 3.63) is 11.6 Å². The molecule has 114 valence electrons. The summed E-state index contributed by atoms with van der Waals surface area (Å²) in [5.74, 6) is -1.25. The summed E-state index contributed by atoms with van der Waals surface area (Å²) in [5.41, 5.74) is -0.665. The molecule has 1 aliphatic rings. The Labute approximate surface area is 121 Å². The Morgan fingerprint density at radius 1 is 1.05 bits per heavy atom. The number of hydrogen-bond acceptors (Lipinski definition) is 4. The van der Waals surface area contributed by atoms with Crippen LogP contribution in [0, 0.1) is 5.92 Å². The minimum atomic E-state index is -0.562. The van der Waals surface area contributed by atoms with E-state index in [2.05, 4.69) is 0 Å². The van der Waals surface area contributed by atoms with Gasteiger partial charge in [-0.2, -0.15) is 0 Å². The number of carbonyl (C=O) groups excluding carboxylic acids is 2. The molecule has 0 saturated heterocycles. The molecule has 0 aromatic carbocycles. The van der Waals surface area contributed by atoms with Gasteiger partial charge in [0.25, 0.3) is 0 Å². The van der Waals surface area contributed by atoms with Gasteiger partial charge in [-0.15, -0.1) is 0 Å². The van der Waals surface area contributed by atoms with Gasteiger partial charge in [-0.3, -0.25) is 4.79 Å². The van der Waals surface area contributed by atoms with Gasteiger partial charge >= 0.3 is 11.9 Å². The Balaban J connectivity index is 2.84. The topological polar surface area (TPSA) is 52.6 Å². The summed E-state index contributed by atoms with van der Waals surface area (Å²) < 4.78 is 10.8. The summed E-state index contributed by atoms with van der Waals surface area (Å²) in [7, 11) is 0. The van der Waals surface area contributed by atoms with Gasteiger partial charge in [0.15, 0.2) is 0 Å². The molecule has 1 aliphatic carbocycles. The quantitative estimate of drug-likeness (QED) is 0.728. The van der Waals surface area contributed by atoms with E-state index < -0.39 is 23.1 Å². The van der Waals surface area contributed by atoms with E-state index in [1.165, 1.54) is 0 Å². The van der Waals surface area contributed by atoms with Gasteiger partial charge < -0.3 is 9.47 Å². The van der Waals surface area contributed by atoms with Crippen molar-refractivity contribution in [1.82, 2.24) is 0 Å². The molecule has 1 atom stereocenters. The lowest BCUT2D eigenvalue weighted by molar-refractivity contribution is -0.162. The highest BCUT2D eigenvalue weighted by atomic mass is 16.6. The minimum Gasteiger partial charge on any atom is -0.459 e. The van der Waals surface area contributed by atoms with E-state index in [1.54, 1.807) is 0 Å². The summed E-state index contributed by atoms with van der Waals surface area (Å²) in [6, 6.07) is 0. The molecule has 1 unspecified atom stereocenters. The monoisotopic (exact) mass is 282 g/mol. The van der Waals surface area contributed by atoms with Crippen LogP contribution in [0.2, 0.25) is 0 Å². The first-order valence-corrected chi connectivity index (χ1v) is 7.16. The Kier molecular flexibility index (Phi) is 5.00. The van der Waals surface area contributed by atoms with Crippen LogP contribution in [-0.2, 0) is 19.1 Å². The highest BCUT2D eigenvalue weighted by Gasteiger charge is 2.35. The molecule has 0 radical (unpaired) electrons. The molecule has 0 aromatic heterocycles. The Morgan fingerprint density at radius 2 is 1.60 bits per heavy atom. The van der Waals surface area contributed by atoms with Crippen molar-refractivity contribution in [3.8, 4) is 0 Å². The first-order chi connectivity index (χ1) is 8.99. The molecule has 20 heavy (non-hydrogen) atoms. The van der Waals surface area contributed by atoms with Gasteiger partial charge in [-0.05, 0) is 60.8 Å². The molecule has 0 fully saturated rings. The van der Waals surface area contributed by atoms with E-state index in [4.69, 9.17) is 9.47 Å². The third-order valence-corrected chi connectivity index (χ3v) is 2.76. The van der Waals surface area contributed by atoms with Gasteiger partial charge in [0.1, 0.15) is 11.2 Å². The van der Waals surface area contributed by atoms with Crippen LogP contribution in [0.4, 0.5) is 0 Å². The first kappa shape index (κ1) is 16.7.